The molecular weight excluding hydrogens is 247 g/mol. The maximum atomic E-state index is 11.3. The lowest BCUT2D eigenvalue weighted by Crippen LogP contribution is -2.41. The van der Waals surface area contributed by atoms with E-state index in [1.807, 2.05) is 0 Å². The highest BCUT2D eigenvalue weighted by molar-refractivity contribution is 6.40. The van der Waals surface area contributed by atoms with Gasteiger partial charge in [-0.25, -0.2) is 0 Å². The van der Waals surface area contributed by atoms with Crippen molar-refractivity contribution in [1.29, 1.82) is 0 Å². The standard InChI is InChI=1S/C12H23BN2O4/c16-12(17)11-9(4-3-5-13(18)19)10(8-14-11)15-6-1-2-7-15/h9-11,14,18-19H,1-8H2,(H,16,17). The molecule has 0 bridgehead atoms. The largest absolute Gasteiger partial charge is 0.480 e. The Kier molecular flexibility index (Phi) is 5.21. The highest BCUT2D eigenvalue weighted by Gasteiger charge is 2.42. The minimum atomic E-state index is -1.29. The molecule has 3 atom stereocenters. The first-order valence-corrected chi connectivity index (χ1v) is 7.16. The number of likely N-dealkylation sites (tertiary alicyclic amines) is 1. The minimum absolute atomic E-state index is 0.0642. The molecule has 0 aliphatic carbocycles. The molecule has 0 aromatic carbocycles. The third-order valence-corrected chi connectivity index (χ3v) is 4.34. The van der Waals surface area contributed by atoms with Crippen molar-refractivity contribution in [1.82, 2.24) is 10.2 Å². The fraction of sp³-hybridized carbons (Fsp3) is 0.917. The minimum Gasteiger partial charge on any atom is -0.480 e. The van der Waals surface area contributed by atoms with Gasteiger partial charge in [0.2, 0.25) is 0 Å². The zero-order chi connectivity index (χ0) is 13.8. The highest BCUT2D eigenvalue weighted by atomic mass is 16.4. The number of carboxylic acid groups (broad SMARTS) is 1. The van der Waals surface area contributed by atoms with Gasteiger partial charge in [-0.2, -0.15) is 0 Å². The summed E-state index contributed by atoms with van der Waals surface area (Å²) in [4.78, 5) is 13.7. The van der Waals surface area contributed by atoms with E-state index in [0.717, 1.165) is 26.1 Å². The van der Waals surface area contributed by atoms with Crippen molar-refractivity contribution in [3.63, 3.8) is 0 Å². The zero-order valence-corrected chi connectivity index (χ0v) is 11.2. The molecule has 4 N–H and O–H groups in total. The molecule has 0 aromatic heterocycles. The van der Waals surface area contributed by atoms with Crippen molar-refractivity contribution in [2.24, 2.45) is 5.92 Å². The van der Waals surface area contributed by atoms with E-state index in [1.54, 1.807) is 0 Å². The van der Waals surface area contributed by atoms with E-state index in [4.69, 9.17) is 10.0 Å². The van der Waals surface area contributed by atoms with E-state index in [2.05, 4.69) is 10.2 Å². The summed E-state index contributed by atoms with van der Waals surface area (Å²) in [6, 6.07) is -0.221. The van der Waals surface area contributed by atoms with E-state index in [9.17, 15) is 9.90 Å². The molecule has 2 aliphatic heterocycles. The van der Waals surface area contributed by atoms with Crippen LogP contribution in [0.3, 0.4) is 0 Å². The van der Waals surface area contributed by atoms with Gasteiger partial charge in [-0.05, 0) is 38.7 Å². The number of rotatable bonds is 6. The van der Waals surface area contributed by atoms with Crippen LogP contribution >= 0.6 is 0 Å². The maximum Gasteiger partial charge on any atom is 0.451 e. The smallest absolute Gasteiger partial charge is 0.451 e. The Hall–Kier alpha value is -0.625. The molecule has 3 unspecified atom stereocenters. The van der Waals surface area contributed by atoms with Crippen LogP contribution in [0.5, 0.6) is 0 Å². The highest BCUT2D eigenvalue weighted by Crippen LogP contribution is 2.29. The molecule has 0 aromatic rings. The van der Waals surface area contributed by atoms with Crippen LogP contribution < -0.4 is 5.32 Å². The summed E-state index contributed by atoms with van der Waals surface area (Å²) >= 11 is 0. The molecule has 108 valence electrons. The SMILES string of the molecule is O=C(O)C1NCC(N2CCCC2)C1CCCB(O)O. The van der Waals surface area contributed by atoms with Crippen molar-refractivity contribution >= 4 is 13.1 Å². The first-order chi connectivity index (χ1) is 9.09. The molecule has 19 heavy (non-hydrogen) atoms. The Balaban J connectivity index is 1.95. The predicted octanol–water partition coefficient (Wildman–Crippen LogP) is -0.624. The van der Waals surface area contributed by atoms with Crippen molar-refractivity contribution < 1.29 is 19.9 Å². The third-order valence-electron chi connectivity index (χ3n) is 4.34. The van der Waals surface area contributed by atoms with Gasteiger partial charge in [0.05, 0.1) is 0 Å². The Bertz CT molecular complexity index is 310. The van der Waals surface area contributed by atoms with Crippen LogP contribution in [0.1, 0.15) is 25.7 Å². The molecule has 0 radical (unpaired) electrons. The number of carboxylic acids is 1. The lowest BCUT2D eigenvalue weighted by molar-refractivity contribution is -0.140. The summed E-state index contributed by atoms with van der Waals surface area (Å²) in [5.41, 5.74) is 0. The maximum absolute atomic E-state index is 11.3. The van der Waals surface area contributed by atoms with Crippen LogP contribution in [0.4, 0.5) is 0 Å². The van der Waals surface area contributed by atoms with E-state index in [1.165, 1.54) is 12.8 Å². The molecule has 0 saturated carbocycles. The van der Waals surface area contributed by atoms with Crippen molar-refractivity contribution in [2.45, 2.75) is 44.1 Å². The van der Waals surface area contributed by atoms with Gasteiger partial charge in [-0.1, -0.05) is 6.42 Å². The Morgan fingerprint density at radius 3 is 2.58 bits per heavy atom. The summed E-state index contributed by atoms with van der Waals surface area (Å²) in [7, 11) is -1.29. The normalized spacial score (nSPS) is 31.8. The average molecular weight is 270 g/mol. The lowest BCUT2D eigenvalue weighted by Gasteiger charge is -2.29. The van der Waals surface area contributed by atoms with E-state index < -0.39 is 19.1 Å². The van der Waals surface area contributed by atoms with Crippen LogP contribution in [0.25, 0.3) is 0 Å². The molecule has 0 amide bonds. The van der Waals surface area contributed by atoms with Gasteiger partial charge in [0.25, 0.3) is 0 Å². The van der Waals surface area contributed by atoms with Crippen LogP contribution in [0.2, 0.25) is 6.32 Å². The molecule has 2 heterocycles. The second-order valence-corrected chi connectivity index (χ2v) is 5.61. The quantitative estimate of drug-likeness (QED) is 0.481. The fourth-order valence-electron chi connectivity index (χ4n) is 3.41. The number of aliphatic carboxylic acids is 1. The van der Waals surface area contributed by atoms with Gasteiger partial charge in [0.15, 0.2) is 0 Å². The molecule has 7 heteroatoms. The molecular formula is C12H23BN2O4. The van der Waals surface area contributed by atoms with Crippen LogP contribution in [-0.2, 0) is 4.79 Å². The van der Waals surface area contributed by atoms with Gasteiger partial charge in [-0.3, -0.25) is 9.69 Å². The van der Waals surface area contributed by atoms with Crippen molar-refractivity contribution in [3.05, 3.63) is 0 Å². The molecule has 2 aliphatic rings. The summed E-state index contributed by atoms with van der Waals surface area (Å²) in [5, 5.41) is 30.2. The Morgan fingerprint density at radius 2 is 2.00 bits per heavy atom. The zero-order valence-electron chi connectivity index (χ0n) is 11.2. The number of nitrogens with zero attached hydrogens (tertiary/aromatic N) is 1. The van der Waals surface area contributed by atoms with Crippen LogP contribution in [0.15, 0.2) is 0 Å². The summed E-state index contributed by atoms with van der Waals surface area (Å²) in [6.07, 6.45) is 4.07. The van der Waals surface area contributed by atoms with Crippen LogP contribution in [0, 0.1) is 5.92 Å². The number of nitrogens with one attached hydrogen (secondary N) is 1. The van der Waals surface area contributed by atoms with Crippen molar-refractivity contribution in [2.75, 3.05) is 19.6 Å². The molecule has 2 rings (SSSR count). The van der Waals surface area contributed by atoms with Gasteiger partial charge >= 0.3 is 13.1 Å². The first-order valence-electron chi connectivity index (χ1n) is 7.16. The van der Waals surface area contributed by atoms with Gasteiger partial charge in [-0.15, -0.1) is 0 Å². The van der Waals surface area contributed by atoms with Crippen LogP contribution in [-0.4, -0.2) is 64.9 Å². The molecule has 2 fully saturated rings. The van der Waals surface area contributed by atoms with Crippen molar-refractivity contribution in [3.8, 4) is 0 Å². The fourth-order valence-corrected chi connectivity index (χ4v) is 3.41. The molecule has 2 saturated heterocycles. The summed E-state index contributed by atoms with van der Waals surface area (Å²) in [5.74, 6) is -0.731. The molecule has 6 nitrogen and oxygen atoms in total. The summed E-state index contributed by atoms with van der Waals surface area (Å²) in [6.45, 7) is 2.83. The lowest BCUT2D eigenvalue weighted by atomic mass is 9.80. The van der Waals surface area contributed by atoms with Gasteiger partial charge in [0, 0.05) is 18.5 Å². The second-order valence-electron chi connectivity index (χ2n) is 5.61. The number of carbonyl (C=O) groups is 1. The third kappa shape index (κ3) is 3.69. The predicted molar refractivity (Wildman–Crippen MR) is 71.7 cm³/mol. The topological polar surface area (TPSA) is 93.0 Å². The Labute approximate surface area is 113 Å². The molecule has 0 spiro atoms. The second kappa shape index (κ2) is 6.70. The first kappa shape index (κ1) is 14.8. The van der Waals surface area contributed by atoms with Gasteiger partial charge < -0.3 is 20.5 Å². The average Bonchev–Trinajstić information content (AvgIpc) is 2.95. The monoisotopic (exact) mass is 270 g/mol. The Morgan fingerprint density at radius 1 is 1.32 bits per heavy atom. The number of hydrogen-bond acceptors (Lipinski definition) is 5. The van der Waals surface area contributed by atoms with Gasteiger partial charge in [0.1, 0.15) is 6.04 Å². The van der Waals surface area contributed by atoms with E-state index in [0.29, 0.717) is 12.7 Å². The van der Waals surface area contributed by atoms with E-state index >= 15 is 0 Å². The summed E-state index contributed by atoms with van der Waals surface area (Å²) < 4.78 is 0. The van der Waals surface area contributed by atoms with E-state index in [-0.39, 0.29) is 12.0 Å². The number of hydrogen-bond donors (Lipinski definition) is 4.